The van der Waals surface area contributed by atoms with Crippen LogP contribution in [0.4, 0.5) is 0 Å². The predicted octanol–water partition coefficient (Wildman–Crippen LogP) is 4.86. The Kier molecular flexibility index (Phi) is 7.46. The predicted molar refractivity (Wildman–Crippen MR) is 89.8 cm³/mol. The van der Waals surface area contributed by atoms with E-state index < -0.39 is 0 Å². The van der Waals surface area contributed by atoms with Gasteiger partial charge in [-0.05, 0) is 38.0 Å². The Morgan fingerprint density at radius 2 is 2.10 bits per heavy atom. The van der Waals surface area contributed by atoms with Crippen LogP contribution in [0.1, 0.15) is 44.2 Å². The molecule has 21 heavy (non-hydrogen) atoms. The van der Waals surface area contributed by atoms with E-state index in [0.717, 1.165) is 41.9 Å². The minimum atomic E-state index is 0.172. The molecule has 0 radical (unpaired) electrons. The van der Waals surface area contributed by atoms with Gasteiger partial charge in [0.25, 0.3) is 0 Å². The zero-order valence-corrected chi connectivity index (χ0v) is 13.6. The van der Waals surface area contributed by atoms with E-state index in [-0.39, 0.29) is 5.92 Å². The Hall–Kier alpha value is -1.88. The van der Waals surface area contributed by atoms with Crippen molar-refractivity contribution < 1.29 is 9.47 Å². The molecule has 0 aliphatic rings. The Morgan fingerprint density at radius 3 is 2.67 bits per heavy atom. The van der Waals surface area contributed by atoms with Gasteiger partial charge >= 0.3 is 0 Å². The highest BCUT2D eigenvalue weighted by molar-refractivity contribution is 5.61. The van der Waals surface area contributed by atoms with Gasteiger partial charge in [-0.3, -0.25) is 0 Å². The van der Waals surface area contributed by atoms with Crippen molar-refractivity contribution in [3.8, 4) is 23.8 Å². The van der Waals surface area contributed by atoms with Crippen LogP contribution < -0.4 is 9.47 Å². The number of allylic oxidation sites excluding steroid dienone is 1. The van der Waals surface area contributed by atoms with Gasteiger partial charge in [-0.1, -0.05) is 37.8 Å². The fourth-order valence-corrected chi connectivity index (χ4v) is 2.19. The summed E-state index contributed by atoms with van der Waals surface area (Å²) in [4.78, 5) is 0. The quantitative estimate of drug-likeness (QED) is 0.636. The van der Waals surface area contributed by atoms with E-state index in [1.807, 2.05) is 38.1 Å². The zero-order chi connectivity index (χ0) is 15.7. The third-order valence-electron chi connectivity index (χ3n) is 3.46. The maximum atomic E-state index is 5.97. The fraction of sp³-hybridized carbons (Fsp3) is 0.474. The van der Waals surface area contributed by atoms with Gasteiger partial charge in [-0.2, -0.15) is 0 Å². The molecule has 114 valence electrons. The lowest BCUT2D eigenvalue weighted by Crippen LogP contribution is -2.11. The Morgan fingerprint density at radius 1 is 1.33 bits per heavy atom. The van der Waals surface area contributed by atoms with Crippen LogP contribution in [0, 0.1) is 25.2 Å². The van der Waals surface area contributed by atoms with E-state index in [1.165, 1.54) is 0 Å². The Balaban J connectivity index is 2.86. The second-order valence-corrected chi connectivity index (χ2v) is 5.18. The summed E-state index contributed by atoms with van der Waals surface area (Å²) in [5, 5.41) is 0. The van der Waals surface area contributed by atoms with Gasteiger partial charge in [0.15, 0.2) is 0 Å². The topological polar surface area (TPSA) is 18.5 Å². The van der Waals surface area contributed by atoms with Crippen molar-refractivity contribution in [1.82, 2.24) is 0 Å². The van der Waals surface area contributed by atoms with Gasteiger partial charge in [0, 0.05) is 5.56 Å². The van der Waals surface area contributed by atoms with Crippen LogP contribution in [0.25, 0.3) is 6.08 Å². The minimum Gasteiger partial charge on any atom is -0.496 e. The number of aryl methyl sites for hydroxylation is 1. The number of ether oxygens (including phenoxy) is 2. The van der Waals surface area contributed by atoms with E-state index in [0.29, 0.717) is 6.61 Å². The van der Waals surface area contributed by atoms with Crippen LogP contribution in [0.15, 0.2) is 18.2 Å². The molecule has 1 unspecified atom stereocenters. The Labute approximate surface area is 129 Å². The molecule has 2 nitrogen and oxygen atoms in total. The van der Waals surface area contributed by atoms with Crippen LogP contribution in [-0.2, 0) is 0 Å². The first-order valence-corrected chi connectivity index (χ1v) is 7.56. The van der Waals surface area contributed by atoms with E-state index in [9.17, 15) is 0 Å². The van der Waals surface area contributed by atoms with Gasteiger partial charge in [-0.15, -0.1) is 6.42 Å². The maximum absolute atomic E-state index is 5.97. The molecule has 0 bridgehead atoms. The summed E-state index contributed by atoms with van der Waals surface area (Å²) < 4.78 is 11.3. The van der Waals surface area contributed by atoms with Crippen LogP contribution in [-0.4, -0.2) is 13.7 Å². The lowest BCUT2D eigenvalue weighted by Gasteiger charge is -2.16. The number of benzene rings is 1. The number of terminal acetylenes is 1. The molecule has 2 heteroatoms. The molecule has 0 spiro atoms. The Bertz CT molecular complexity index is 509. The van der Waals surface area contributed by atoms with Crippen molar-refractivity contribution in [3.05, 3.63) is 29.3 Å². The molecule has 0 aromatic heterocycles. The molecule has 0 N–H and O–H groups in total. The second-order valence-electron chi connectivity index (χ2n) is 5.18. The highest BCUT2D eigenvalue weighted by Gasteiger charge is 2.10. The first-order valence-electron chi connectivity index (χ1n) is 7.56. The monoisotopic (exact) mass is 286 g/mol. The first-order chi connectivity index (χ1) is 10.2. The van der Waals surface area contributed by atoms with Crippen molar-refractivity contribution in [2.75, 3.05) is 13.7 Å². The maximum Gasteiger partial charge on any atom is 0.127 e. The molecule has 0 heterocycles. The molecule has 1 aromatic rings. The first kappa shape index (κ1) is 17.2. The third kappa shape index (κ3) is 5.19. The van der Waals surface area contributed by atoms with E-state index in [4.69, 9.17) is 15.9 Å². The van der Waals surface area contributed by atoms with E-state index in [2.05, 4.69) is 12.8 Å². The van der Waals surface area contributed by atoms with Crippen molar-refractivity contribution in [3.63, 3.8) is 0 Å². The summed E-state index contributed by atoms with van der Waals surface area (Å²) in [7, 11) is 1.68. The summed E-state index contributed by atoms with van der Waals surface area (Å²) in [5.74, 6) is 4.73. The number of methoxy groups -OCH3 is 1. The van der Waals surface area contributed by atoms with Crippen molar-refractivity contribution in [1.29, 1.82) is 0 Å². The number of rotatable bonds is 8. The molecular formula is C19H26O2. The van der Waals surface area contributed by atoms with Gasteiger partial charge < -0.3 is 9.47 Å². The average Bonchev–Trinajstić information content (AvgIpc) is 2.49. The summed E-state index contributed by atoms with van der Waals surface area (Å²) in [5.41, 5.74) is 2.08. The largest absolute Gasteiger partial charge is 0.496 e. The molecule has 0 aliphatic heterocycles. The third-order valence-corrected chi connectivity index (χ3v) is 3.46. The summed E-state index contributed by atoms with van der Waals surface area (Å²) in [6, 6.07) is 4.02. The molecule has 0 saturated heterocycles. The summed E-state index contributed by atoms with van der Waals surface area (Å²) in [6.45, 7) is 6.74. The van der Waals surface area contributed by atoms with E-state index in [1.54, 1.807) is 7.11 Å². The zero-order valence-electron chi connectivity index (χ0n) is 13.6. The SMILES string of the molecule is C#CC(CCCC)COc1cc(C)c(OC)cc1/C=C/C. The molecule has 1 aromatic carbocycles. The van der Waals surface area contributed by atoms with Gasteiger partial charge in [0.05, 0.1) is 13.0 Å². The van der Waals surface area contributed by atoms with Crippen molar-refractivity contribution in [2.45, 2.75) is 40.0 Å². The van der Waals surface area contributed by atoms with Crippen LogP contribution >= 0.6 is 0 Å². The van der Waals surface area contributed by atoms with Crippen molar-refractivity contribution in [2.24, 2.45) is 5.92 Å². The smallest absolute Gasteiger partial charge is 0.127 e. The lowest BCUT2D eigenvalue weighted by molar-refractivity contribution is 0.270. The van der Waals surface area contributed by atoms with Gasteiger partial charge in [-0.25, -0.2) is 0 Å². The molecule has 0 aliphatic carbocycles. The van der Waals surface area contributed by atoms with Crippen LogP contribution in [0.2, 0.25) is 0 Å². The second kappa shape index (κ2) is 9.13. The van der Waals surface area contributed by atoms with Gasteiger partial charge in [0.1, 0.15) is 18.1 Å². The standard InChI is InChI=1S/C19H26O2/c1-6-9-11-16(8-3)14-21-19-12-15(4)18(20-5)13-17(19)10-7-2/h3,7,10,12-13,16H,6,9,11,14H2,1-2,4-5H3/b10-7+. The number of hydrogen-bond donors (Lipinski definition) is 0. The molecule has 0 saturated carbocycles. The average molecular weight is 286 g/mol. The molecular weight excluding hydrogens is 260 g/mol. The lowest BCUT2D eigenvalue weighted by atomic mass is 10.0. The number of hydrogen-bond acceptors (Lipinski definition) is 2. The molecule has 0 amide bonds. The summed E-state index contributed by atoms with van der Waals surface area (Å²) in [6.07, 6.45) is 12.9. The summed E-state index contributed by atoms with van der Waals surface area (Å²) >= 11 is 0. The molecule has 0 fully saturated rings. The normalized spacial score (nSPS) is 12.1. The molecule has 1 atom stereocenters. The number of unbranched alkanes of at least 4 members (excludes halogenated alkanes) is 1. The highest BCUT2D eigenvalue weighted by Crippen LogP contribution is 2.30. The highest BCUT2D eigenvalue weighted by atomic mass is 16.5. The van der Waals surface area contributed by atoms with Gasteiger partial charge in [0.2, 0.25) is 0 Å². The fourth-order valence-electron chi connectivity index (χ4n) is 2.19. The van der Waals surface area contributed by atoms with Crippen molar-refractivity contribution >= 4 is 6.08 Å². The van der Waals surface area contributed by atoms with Crippen LogP contribution in [0.3, 0.4) is 0 Å². The minimum absolute atomic E-state index is 0.172. The van der Waals surface area contributed by atoms with Crippen LogP contribution in [0.5, 0.6) is 11.5 Å². The molecule has 1 rings (SSSR count). The van der Waals surface area contributed by atoms with E-state index >= 15 is 0 Å².